The highest BCUT2D eigenvalue weighted by Gasteiger charge is 2.10. The summed E-state index contributed by atoms with van der Waals surface area (Å²) in [6.45, 7) is 0. The van der Waals surface area contributed by atoms with Gasteiger partial charge in [0, 0.05) is 17.1 Å². The van der Waals surface area contributed by atoms with Crippen molar-refractivity contribution in [3.63, 3.8) is 0 Å². The summed E-state index contributed by atoms with van der Waals surface area (Å²) in [4.78, 5) is 14.7. The molecule has 0 saturated carbocycles. The van der Waals surface area contributed by atoms with Crippen LogP contribution in [0.2, 0.25) is 0 Å². The molecule has 0 unspecified atom stereocenters. The van der Waals surface area contributed by atoms with Crippen LogP contribution in [0, 0.1) is 0 Å². The maximum absolute atomic E-state index is 4.14. The van der Waals surface area contributed by atoms with Crippen LogP contribution in [0.25, 0.3) is 30.6 Å². The summed E-state index contributed by atoms with van der Waals surface area (Å²) in [5.74, 6) is 0. The normalized spacial score (nSPS) is 10.2. The smallest absolute Gasteiger partial charge is 0.0812 e. The second-order valence-electron chi connectivity index (χ2n) is 9.80. The number of aromatic nitrogens is 3. The lowest BCUT2D eigenvalue weighted by molar-refractivity contribution is 1.28. The third-order valence-corrected chi connectivity index (χ3v) is 9.18. The molecule has 7 heteroatoms. The average Bonchev–Trinajstić information content (AvgIpc) is 3.92. The largest absolute Gasteiger partial charge is 0.311 e. The second kappa shape index (κ2) is 16.2. The van der Waals surface area contributed by atoms with Crippen LogP contribution in [0.5, 0.6) is 0 Å². The van der Waals surface area contributed by atoms with Crippen LogP contribution in [-0.4, -0.2) is 15.0 Å². The van der Waals surface area contributed by atoms with Gasteiger partial charge in [-0.1, -0.05) is 91.0 Å². The van der Waals surface area contributed by atoms with Gasteiger partial charge in [-0.05, 0) is 72.8 Å². The predicted molar refractivity (Wildman–Crippen MR) is 200 cm³/mol. The Morgan fingerprint density at radius 1 is 0.304 bits per heavy atom. The van der Waals surface area contributed by atoms with Gasteiger partial charge in [0.2, 0.25) is 0 Å². The van der Waals surface area contributed by atoms with Crippen molar-refractivity contribution in [1.82, 2.24) is 15.0 Å². The Morgan fingerprint density at radius 3 is 0.848 bits per heavy atom. The van der Waals surface area contributed by atoms with Crippen LogP contribution in [0.1, 0.15) is 0 Å². The van der Waals surface area contributed by atoms with E-state index in [9.17, 15) is 0 Å². The monoisotopic (exact) mass is 650 g/mol. The maximum atomic E-state index is 4.14. The minimum absolute atomic E-state index is 1.10. The van der Waals surface area contributed by atoms with Crippen LogP contribution >= 0.6 is 34.0 Å². The Kier molecular flexibility index (Phi) is 10.8. The van der Waals surface area contributed by atoms with Crippen LogP contribution < -0.4 is 4.90 Å². The van der Waals surface area contributed by atoms with E-state index in [1.165, 1.54) is 31.2 Å². The molecule has 4 nitrogen and oxygen atoms in total. The molecule has 0 spiro atoms. The van der Waals surface area contributed by atoms with Gasteiger partial charge in [-0.2, -0.15) is 0 Å². The molecule has 0 N–H and O–H groups in total. The molecule has 224 valence electrons. The minimum Gasteiger partial charge on any atom is -0.311 e. The van der Waals surface area contributed by atoms with E-state index in [2.05, 4.69) is 111 Å². The number of fused-ring (bicyclic) bond motifs is 3. The lowest BCUT2D eigenvalue weighted by Gasteiger charge is -2.25. The first kappa shape index (κ1) is 30.8. The Labute approximate surface area is 280 Å². The highest BCUT2D eigenvalue weighted by Crippen LogP contribution is 2.33. The first-order chi connectivity index (χ1) is 22.8. The van der Waals surface area contributed by atoms with Gasteiger partial charge in [0.05, 0.1) is 47.2 Å². The zero-order chi connectivity index (χ0) is 31.2. The average molecular weight is 651 g/mol. The molecule has 6 aromatic carbocycles. The number of anilines is 3. The molecule has 0 aliphatic carbocycles. The Balaban J connectivity index is 0.000000116. The number of nitrogens with zero attached hydrogens (tertiary/aromatic N) is 4. The van der Waals surface area contributed by atoms with Gasteiger partial charge in [-0.15, -0.1) is 34.0 Å². The first-order valence-corrected chi connectivity index (χ1v) is 17.3. The number of hydrogen-bond acceptors (Lipinski definition) is 7. The molecule has 0 aliphatic rings. The zero-order valence-electron chi connectivity index (χ0n) is 24.8. The van der Waals surface area contributed by atoms with Crippen molar-refractivity contribution in [2.75, 3.05) is 4.90 Å². The maximum Gasteiger partial charge on any atom is 0.0812 e. The van der Waals surface area contributed by atoms with Crippen molar-refractivity contribution in [2.24, 2.45) is 0 Å². The van der Waals surface area contributed by atoms with E-state index in [1.807, 2.05) is 89.3 Å². The van der Waals surface area contributed by atoms with Gasteiger partial charge in [-0.3, -0.25) is 0 Å². The van der Waals surface area contributed by atoms with Gasteiger partial charge in [0.15, 0.2) is 0 Å². The molecule has 0 aliphatic heterocycles. The highest BCUT2D eigenvalue weighted by molar-refractivity contribution is 7.17. The van der Waals surface area contributed by atoms with E-state index in [0.29, 0.717) is 0 Å². The molecule has 46 heavy (non-hydrogen) atoms. The van der Waals surface area contributed by atoms with E-state index < -0.39 is 0 Å². The summed E-state index contributed by atoms with van der Waals surface area (Å²) in [5.41, 5.74) is 12.4. The molecule has 0 atom stereocenters. The van der Waals surface area contributed by atoms with Gasteiger partial charge >= 0.3 is 0 Å². The fourth-order valence-corrected chi connectivity index (χ4v) is 6.62. The standard InChI is InChI=1S/C18H15N.3C7H5NS/c1-4-10-16(11-5-1)19(17-12-6-2-7-13-17)18-14-8-3-9-15-18;3*1-2-4-7-6(3-1)8-5-9-7/h1-15H;3*1-5H. The third kappa shape index (κ3) is 8.28. The second-order valence-corrected chi connectivity index (χ2v) is 12.5. The summed E-state index contributed by atoms with van der Waals surface area (Å²) in [6, 6.07) is 55.6. The van der Waals surface area contributed by atoms with Gasteiger partial charge in [0.1, 0.15) is 0 Å². The summed E-state index contributed by atoms with van der Waals surface area (Å²) < 4.78 is 3.78. The summed E-state index contributed by atoms with van der Waals surface area (Å²) in [6.07, 6.45) is 0. The molecule has 0 radical (unpaired) electrons. The Bertz CT molecular complexity index is 1830. The molecule has 3 aromatic heterocycles. The number of thiazole rings is 3. The van der Waals surface area contributed by atoms with Crippen molar-refractivity contribution in [2.45, 2.75) is 0 Å². The Morgan fingerprint density at radius 2 is 0.565 bits per heavy atom. The fraction of sp³-hybridized carbons (Fsp3) is 0. The van der Waals surface area contributed by atoms with E-state index in [-0.39, 0.29) is 0 Å². The van der Waals surface area contributed by atoms with Gasteiger partial charge < -0.3 is 4.90 Å². The van der Waals surface area contributed by atoms with E-state index in [4.69, 9.17) is 0 Å². The molecule has 0 saturated heterocycles. The number of para-hydroxylation sites is 6. The zero-order valence-corrected chi connectivity index (χ0v) is 27.3. The van der Waals surface area contributed by atoms with E-state index in [0.717, 1.165) is 16.6 Å². The molecule has 0 fully saturated rings. The quantitative estimate of drug-likeness (QED) is 0.191. The molecular formula is C39H30N4S3. The SMILES string of the molecule is c1ccc(N(c2ccccc2)c2ccccc2)cc1.c1ccc2scnc2c1.c1ccc2scnc2c1.c1ccc2scnc2c1. The summed E-state index contributed by atoms with van der Waals surface area (Å²) in [7, 11) is 0. The molecule has 0 amide bonds. The molecule has 9 rings (SSSR count). The van der Waals surface area contributed by atoms with Crippen molar-refractivity contribution in [3.05, 3.63) is 180 Å². The van der Waals surface area contributed by atoms with E-state index >= 15 is 0 Å². The van der Waals surface area contributed by atoms with E-state index in [1.54, 1.807) is 34.0 Å². The van der Waals surface area contributed by atoms with Crippen molar-refractivity contribution in [1.29, 1.82) is 0 Å². The lowest BCUT2D eigenvalue weighted by Crippen LogP contribution is -2.09. The van der Waals surface area contributed by atoms with Crippen molar-refractivity contribution in [3.8, 4) is 0 Å². The molecule has 0 bridgehead atoms. The number of benzene rings is 6. The summed E-state index contributed by atoms with van der Waals surface area (Å²) >= 11 is 5.03. The van der Waals surface area contributed by atoms with Crippen LogP contribution in [0.15, 0.2) is 180 Å². The van der Waals surface area contributed by atoms with Crippen LogP contribution in [0.3, 0.4) is 0 Å². The van der Waals surface area contributed by atoms with Crippen LogP contribution in [0.4, 0.5) is 17.1 Å². The topological polar surface area (TPSA) is 41.9 Å². The van der Waals surface area contributed by atoms with Crippen molar-refractivity contribution < 1.29 is 0 Å². The predicted octanol–water partition coefficient (Wildman–Crippen LogP) is 12.0. The molecule has 3 heterocycles. The number of hydrogen-bond donors (Lipinski definition) is 0. The molecular weight excluding hydrogens is 621 g/mol. The minimum atomic E-state index is 1.10. The summed E-state index contributed by atoms with van der Waals surface area (Å²) in [5, 5.41) is 0. The lowest BCUT2D eigenvalue weighted by atomic mass is 10.2. The fourth-order valence-electron chi connectivity index (χ4n) is 4.59. The van der Waals surface area contributed by atoms with Crippen molar-refractivity contribution >= 4 is 81.7 Å². The van der Waals surface area contributed by atoms with Gasteiger partial charge in [-0.25, -0.2) is 15.0 Å². The molecule has 9 aromatic rings. The third-order valence-electron chi connectivity index (χ3n) is 6.75. The highest BCUT2D eigenvalue weighted by atomic mass is 32.1. The van der Waals surface area contributed by atoms with Gasteiger partial charge in [0.25, 0.3) is 0 Å². The number of rotatable bonds is 3. The first-order valence-electron chi connectivity index (χ1n) is 14.6. The van der Waals surface area contributed by atoms with Crippen LogP contribution in [-0.2, 0) is 0 Å². The Hall–Kier alpha value is -5.21.